The van der Waals surface area contributed by atoms with Gasteiger partial charge in [0.15, 0.2) is 0 Å². The lowest BCUT2D eigenvalue weighted by molar-refractivity contribution is -0.157. The summed E-state index contributed by atoms with van der Waals surface area (Å²) < 4.78 is 17.2. The molecule has 0 aromatic carbocycles. The molecule has 3 aliphatic rings. The van der Waals surface area contributed by atoms with E-state index in [4.69, 9.17) is 14.2 Å². The molecule has 0 radical (unpaired) electrons. The van der Waals surface area contributed by atoms with Crippen LogP contribution in [0, 0.1) is 11.8 Å². The molecular weight excluding hydrogens is 308 g/mol. The Bertz CT molecular complexity index is 605. The number of hydrogen-bond acceptors (Lipinski definition) is 5. The van der Waals surface area contributed by atoms with Crippen LogP contribution in [0.25, 0.3) is 0 Å². The molecule has 5 atom stereocenters. The first-order chi connectivity index (χ1) is 11.2. The summed E-state index contributed by atoms with van der Waals surface area (Å²) >= 11 is 0. The molecule has 5 unspecified atom stereocenters. The van der Waals surface area contributed by atoms with Crippen LogP contribution in [0.4, 0.5) is 0 Å². The topological polar surface area (TPSA) is 65.1 Å². The molecule has 0 amide bonds. The lowest BCUT2D eigenvalue weighted by Crippen LogP contribution is -2.37. The zero-order valence-electron chi connectivity index (χ0n) is 14.8. The molecule has 132 valence electrons. The average Bonchev–Trinajstić information content (AvgIpc) is 3.04. The first kappa shape index (κ1) is 17.2. The van der Waals surface area contributed by atoms with Crippen molar-refractivity contribution in [2.75, 3.05) is 0 Å². The van der Waals surface area contributed by atoms with Crippen LogP contribution >= 0.6 is 0 Å². The number of fused-ring (bicyclic) bond motifs is 2. The minimum Gasteiger partial charge on any atom is -0.461 e. The summed E-state index contributed by atoms with van der Waals surface area (Å²) in [6.07, 6.45) is 3.64. The van der Waals surface area contributed by atoms with Gasteiger partial charge in [-0.25, -0.2) is 4.79 Å². The molecule has 2 fully saturated rings. The van der Waals surface area contributed by atoms with Crippen LogP contribution in [0.1, 0.15) is 47.0 Å². The van der Waals surface area contributed by atoms with Crippen molar-refractivity contribution in [2.45, 2.75) is 70.9 Å². The van der Waals surface area contributed by atoms with E-state index in [0.717, 1.165) is 18.4 Å². The second kappa shape index (κ2) is 6.03. The maximum Gasteiger partial charge on any atom is 0.334 e. The number of rotatable bonds is 2. The van der Waals surface area contributed by atoms with Crippen molar-refractivity contribution in [3.63, 3.8) is 0 Å². The SMILES string of the molecule is C=C1C(=O)OC2C=C(C)CCC3OC3(C)CC(OC(=O)C(C)C)C12. The van der Waals surface area contributed by atoms with Crippen LogP contribution in [-0.2, 0) is 23.8 Å². The second-order valence-corrected chi connectivity index (χ2v) is 7.73. The van der Waals surface area contributed by atoms with Gasteiger partial charge in [0.2, 0.25) is 0 Å². The molecule has 0 saturated carbocycles. The lowest BCUT2D eigenvalue weighted by atomic mass is 9.82. The van der Waals surface area contributed by atoms with E-state index in [1.54, 1.807) is 13.8 Å². The van der Waals surface area contributed by atoms with Crippen molar-refractivity contribution in [3.05, 3.63) is 23.8 Å². The zero-order valence-corrected chi connectivity index (χ0v) is 14.8. The van der Waals surface area contributed by atoms with E-state index in [9.17, 15) is 9.59 Å². The summed E-state index contributed by atoms with van der Waals surface area (Å²) in [5.41, 5.74) is 1.23. The van der Waals surface area contributed by atoms with Crippen LogP contribution in [-0.4, -0.2) is 35.9 Å². The molecule has 0 spiro atoms. The van der Waals surface area contributed by atoms with Crippen molar-refractivity contribution >= 4 is 11.9 Å². The summed E-state index contributed by atoms with van der Waals surface area (Å²) in [4.78, 5) is 24.3. The molecule has 0 N–H and O–H groups in total. The van der Waals surface area contributed by atoms with E-state index >= 15 is 0 Å². The number of esters is 2. The highest BCUT2D eigenvalue weighted by Gasteiger charge is 2.56. The van der Waals surface area contributed by atoms with Gasteiger partial charge in [0.05, 0.1) is 23.5 Å². The summed E-state index contributed by atoms with van der Waals surface area (Å²) in [5.74, 6) is -1.26. The van der Waals surface area contributed by atoms with Gasteiger partial charge in [-0.2, -0.15) is 0 Å². The van der Waals surface area contributed by atoms with Gasteiger partial charge in [-0.15, -0.1) is 0 Å². The maximum atomic E-state index is 12.2. The van der Waals surface area contributed by atoms with E-state index in [-0.39, 0.29) is 29.5 Å². The Balaban J connectivity index is 1.94. The summed E-state index contributed by atoms with van der Waals surface area (Å²) in [6, 6.07) is 0. The zero-order chi connectivity index (χ0) is 17.6. The molecule has 0 aromatic heterocycles. The number of hydrogen-bond donors (Lipinski definition) is 0. The summed E-state index contributed by atoms with van der Waals surface area (Å²) in [6.45, 7) is 11.6. The minimum atomic E-state index is -0.471. The van der Waals surface area contributed by atoms with Gasteiger partial charge in [0.25, 0.3) is 0 Å². The van der Waals surface area contributed by atoms with Crippen LogP contribution in [0.5, 0.6) is 0 Å². The molecule has 0 bridgehead atoms. The Morgan fingerprint density at radius 1 is 1.46 bits per heavy atom. The van der Waals surface area contributed by atoms with Gasteiger partial charge in [-0.1, -0.05) is 26.0 Å². The van der Waals surface area contributed by atoms with Gasteiger partial charge in [-0.3, -0.25) is 4.79 Å². The Hall–Kier alpha value is -1.62. The van der Waals surface area contributed by atoms with E-state index in [0.29, 0.717) is 12.0 Å². The predicted molar refractivity (Wildman–Crippen MR) is 88.1 cm³/mol. The third-order valence-corrected chi connectivity index (χ3v) is 5.29. The maximum absolute atomic E-state index is 12.2. The fraction of sp³-hybridized carbons (Fsp3) is 0.684. The van der Waals surface area contributed by atoms with E-state index < -0.39 is 18.2 Å². The Morgan fingerprint density at radius 2 is 2.17 bits per heavy atom. The van der Waals surface area contributed by atoms with E-state index in [1.807, 2.05) is 19.9 Å². The van der Waals surface area contributed by atoms with Gasteiger partial charge >= 0.3 is 11.9 Å². The normalized spacial score (nSPS) is 38.8. The standard InChI is InChI=1S/C19H26O5/c1-10(2)17(20)23-14-9-19(5)15(24-19)7-6-11(3)8-13-16(14)12(4)18(21)22-13/h8,10,13-16H,4,6-7,9H2,1-3,5H3. The smallest absolute Gasteiger partial charge is 0.334 e. The minimum absolute atomic E-state index is 0.170. The fourth-order valence-corrected chi connectivity index (χ4v) is 3.66. The third-order valence-electron chi connectivity index (χ3n) is 5.29. The van der Waals surface area contributed by atoms with Crippen molar-refractivity contribution in [2.24, 2.45) is 11.8 Å². The molecular formula is C19H26O5. The average molecular weight is 334 g/mol. The first-order valence-corrected chi connectivity index (χ1v) is 8.66. The van der Waals surface area contributed by atoms with Crippen LogP contribution < -0.4 is 0 Å². The second-order valence-electron chi connectivity index (χ2n) is 7.73. The van der Waals surface area contributed by atoms with Crippen LogP contribution in [0.2, 0.25) is 0 Å². The van der Waals surface area contributed by atoms with Crippen molar-refractivity contribution in [1.82, 2.24) is 0 Å². The predicted octanol–water partition coefficient (Wildman–Crippen LogP) is 2.94. The molecule has 2 saturated heterocycles. The first-order valence-electron chi connectivity index (χ1n) is 8.66. The van der Waals surface area contributed by atoms with Gasteiger partial charge < -0.3 is 14.2 Å². The van der Waals surface area contributed by atoms with Crippen LogP contribution in [0.3, 0.4) is 0 Å². The molecule has 0 aromatic rings. The quantitative estimate of drug-likeness (QED) is 0.336. The Kier molecular flexibility index (Phi) is 4.32. The monoisotopic (exact) mass is 334 g/mol. The number of carbonyl (C=O) groups excluding carboxylic acids is 2. The number of epoxide rings is 1. The number of allylic oxidation sites excluding steroid dienone is 1. The highest BCUT2D eigenvalue weighted by Crippen LogP contribution is 2.47. The number of ether oxygens (including phenoxy) is 3. The van der Waals surface area contributed by atoms with Crippen LogP contribution in [0.15, 0.2) is 23.8 Å². The van der Waals surface area contributed by atoms with Gasteiger partial charge in [0.1, 0.15) is 12.2 Å². The Morgan fingerprint density at radius 3 is 2.83 bits per heavy atom. The summed E-state index contributed by atoms with van der Waals surface area (Å²) in [5, 5.41) is 0. The highest BCUT2D eigenvalue weighted by molar-refractivity contribution is 5.91. The molecule has 3 rings (SSSR count). The lowest BCUT2D eigenvalue weighted by Gasteiger charge is -2.29. The fourth-order valence-electron chi connectivity index (χ4n) is 3.66. The van der Waals surface area contributed by atoms with E-state index in [2.05, 4.69) is 6.58 Å². The number of carbonyl (C=O) groups is 2. The van der Waals surface area contributed by atoms with Crippen molar-refractivity contribution in [1.29, 1.82) is 0 Å². The van der Waals surface area contributed by atoms with Gasteiger partial charge in [-0.05, 0) is 32.8 Å². The van der Waals surface area contributed by atoms with Crippen molar-refractivity contribution < 1.29 is 23.8 Å². The third kappa shape index (κ3) is 3.14. The summed E-state index contributed by atoms with van der Waals surface area (Å²) in [7, 11) is 0. The largest absolute Gasteiger partial charge is 0.461 e. The van der Waals surface area contributed by atoms with Crippen molar-refractivity contribution in [3.8, 4) is 0 Å². The molecule has 5 heteroatoms. The van der Waals surface area contributed by atoms with E-state index in [1.165, 1.54) is 0 Å². The molecule has 24 heavy (non-hydrogen) atoms. The molecule has 1 aliphatic carbocycles. The molecule has 2 aliphatic heterocycles. The van der Waals surface area contributed by atoms with Gasteiger partial charge in [0, 0.05) is 12.0 Å². The highest BCUT2D eigenvalue weighted by atomic mass is 16.6. The molecule has 5 nitrogen and oxygen atoms in total. The Labute approximate surface area is 143 Å². The molecule has 2 heterocycles.